The zero-order valence-electron chi connectivity index (χ0n) is 7.75. The van der Waals surface area contributed by atoms with Crippen molar-refractivity contribution in [1.29, 1.82) is 0 Å². The maximum Gasteiger partial charge on any atom is 0.227 e. The third-order valence-electron chi connectivity index (χ3n) is 3.39. The first-order chi connectivity index (χ1) is 5.80. The number of hydrogen-bond acceptors (Lipinski definition) is 1. The lowest BCUT2D eigenvalue weighted by Crippen LogP contribution is -2.58. The molecule has 2 fully saturated rings. The molecule has 0 aromatic carbocycles. The van der Waals surface area contributed by atoms with Crippen molar-refractivity contribution in [2.24, 2.45) is 5.92 Å². The molecular weight excluding hydrogens is 150 g/mol. The van der Waals surface area contributed by atoms with Gasteiger partial charge in [-0.05, 0) is 12.8 Å². The Kier molecular flexibility index (Phi) is 2.07. The number of fused-ring (bicyclic) bond motifs is 1. The minimum absolute atomic E-state index is 0.391. The fourth-order valence-electron chi connectivity index (χ4n) is 2.56. The average Bonchev–Trinajstić information content (AvgIpc) is 2.04. The van der Waals surface area contributed by atoms with Crippen LogP contribution in [0.2, 0.25) is 0 Å². The highest BCUT2D eigenvalue weighted by Crippen LogP contribution is 2.34. The summed E-state index contributed by atoms with van der Waals surface area (Å²) in [5, 5.41) is 0. The number of carbonyl (C=O) groups excluding carboxylic acids is 1. The summed E-state index contributed by atoms with van der Waals surface area (Å²) in [7, 11) is 1.95. The van der Waals surface area contributed by atoms with Crippen LogP contribution in [0.25, 0.3) is 0 Å². The normalized spacial score (nSPS) is 36.4. The van der Waals surface area contributed by atoms with Crippen molar-refractivity contribution in [2.45, 2.75) is 44.6 Å². The van der Waals surface area contributed by atoms with Gasteiger partial charge in [0, 0.05) is 13.1 Å². The Labute approximate surface area is 73.9 Å². The summed E-state index contributed by atoms with van der Waals surface area (Å²) >= 11 is 0. The van der Waals surface area contributed by atoms with E-state index in [0.717, 1.165) is 6.42 Å². The Hall–Kier alpha value is -0.530. The van der Waals surface area contributed by atoms with Gasteiger partial charge in [0.05, 0.1) is 5.92 Å². The zero-order valence-corrected chi connectivity index (χ0v) is 7.75. The summed E-state index contributed by atoms with van der Waals surface area (Å²) in [6.07, 6.45) is 7.67. The number of β-lactam (4-membered cyclic amide) rings is 1. The molecule has 0 aromatic heterocycles. The largest absolute Gasteiger partial charge is 0.342 e. The molecule has 1 saturated heterocycles. The van der Waals surface area contributed by atoms with Crippen LogP contribution in [-0.4, -0.2) is 23.9 Å². The summed E-state index contributed by atoms with van der Waals surface area (Å²) in [5.41, 5.74) is 0. The molecule has 68 valence electrons. The predicted octanol–water partition coefficient (Wildman–Crippen LogP) is 1.80. The van der Waals surface area contributed by atoms with E-state index in [9.17, 15) is 4.79 Å². The lowest BCUT2D eigenvalue weighted by Gasteiger charge is -2.46. The highest BCUT2D eigenvalue weighted by molar-refractivity contribution is 5.85. The number of likely N-dealkylation sites (tertiary alicyclic amines) is 1. The lowest BCUT2D eigenvalue weighted by molar-refractivity contribution is -0.154. The molecule has 1 amide bonds. The molecule has 1 aliphatic carbocycles. The molecule has 0 bridgehead atoms. The molecule has 12 heavy (non-hydrogen) atoms. The van der Waals surface area contributed by atoms with Crippen molar-refractivity contribution < 1.29 is 4.79 Å². The first-order valence-electron chi connectivity index (χ1n) is 5.07. The molecule has 2 aliphatic rings. The first-order valence-corrected chi connectivity index (χ1v) is 5.07. The van der Waals surface area contributed by atoms with Crippen molar-refractivity contribution in [2.75, 3.05) is 7.05 Å². The number of nitrogens with zero attached hydrogens (tertiary/aromatic N) is 1. The van der Waals surface area contributed by atoms with Crippen molar-refractivity contribution >= 4 is 5.91 Å². The van der Waals surface area contributed by atoms with Gasteiger partial charge in [0.2, 0.25) is 5.91 Å². The average molecular weight is 167 g/mol. The van der Waals surface area contributed by atoms with Crippen LogP contribution in [-0.2, 0) is 4.79 Å². The van der Waals surface area contributed by atoms with E-state index in [4.69, 9.17) is 0 Å². The van der Waals surface area contributed by atoms with E-state index in [1.807, 2.05) is 11.9 Å². The fraction of sp³-hybridized carbons (Fsp3) is 0.900. The molecule has 1 saturated carbocycles. The number of hydrogen-bond donors (Lipinski definition) is 0. The maximum absolute atomic E-state index is 11.4. The maximum atomic E-state index is 11.4. The highest BCUT2D eigenvalue weighted by Gasteiger charge is 2.43. The Morgan fingerprint density at radius 1 is 1.17 bits per heavy atom. The predicted molar refractivity (Wildman–Crippen MR) is 47.8 cm³/mol. The van der Waals surface area contributed by atoms with Gasteiger partial charge in [-0.2, -0.15) is 0 Å². The molecule has 0 aromatic rings. The molecule has 2 unspecified atom stereocenters. The number of carbonyl (C=O) groups is 1. The van der Waals surface area contributed by atoms with Crippen molar-refractivity contribution in [3.63, 3.8) is 0 Å². The first kappa shape index (κ1) is 8.09. The zero-order chi connectivity index (χ0) is 8.55. The summed E-state index contributed by atoms with van der Waals surface area (Å²) < 4.78 is 0. The molecule has 0 radical (unpaired) electrons. The molecule has 2 atom stereocenters. The quantitative estimate of drug-likeness (QED) is 0.504. The van der Waals surface area contributed by atoms with E-state index in [0.29, 0.717) is 17.9 Å². The summed E-state index contributed by atoms with van der Waals surface area (Å²) in [5.74, 6) is 0.789. The summed E-state index contributed by atoms with van der Waals surface area (Å²) in [4.78, 5) is 13.3. The number of rotatable bonds is 0. The van der Waals surface area contributed by atoms with E-state index in [2.05, 4.69) is 0 Å². The molecule has 0 spiro atoms. The second-order valence-electron chi connectivity index (χ2n) is 4.11. The third kappa shape index (κ3) is 1.13. The van der Waals surface area contributed by atoms with Gasteiger partial charge in [-0.25, -0.2) is 0 Å². The van der Waals surface area contributed by atoms with Crippen LogP contribution in [0.15, 0.2) is 0 Å². The van der Waals surface area contributed by atoms with Gasteiger partial charge >= 0.3 is 0 Å². The summed E-state index contributed by atoms with van der Waals surface area (Å²) in [6, 6.07) is 0.595. The summed E-state index contributed by atoms with van der Waals surface area (Å²) in [6.45, 7) is 0. The van der Waals surface area contributed by atoms with E-state index in [1.165, 1.54) is 32.1 Å². The minimum Gasteiger partial charge on any atom is -0.342 e. The van der Waals surface area contributed by atoms with Crippen LogP contribution in [0, 0.1) is 5.92 Å². The van der Waals surface area contributed by atoms with Crippen LogP contribution in [0.3, 0.4) is 0 Å². The number of amides is 1. The Balaban J connectivity index is 1.98. The highest BCUT2D eigenvalue weighted by atomic mass is 16.2. The molecule has 2 heteroatoms. The van der Waals surface area contributed by atoms with Gasteiger partial charge in [0.25, 0.3) is 0 Å². The molecule has 1 aliphatic heterocycles. The van der Waals surface area contributed by atoms with E-state index >= 15 is 0 Å². The Bertz CT molecular complexity index is 190. The monoisotopic (exact) mass is 167 g/mol. The third-order valence-corrected chi connectivity index (χ3v) is 3.39. The van der Waals surface area contributed by atoms with Crippen LogP contribution in [0.1, 0.15) is 38.5 Å². The van der Waals surface area contributed by atoms with E-state index < -0.39 is 0 Å². The molecular formula is C10H17NO. The van der Waals surface area contributed by atoms with Crippen LogP contribution in [0.4, 0.5) is 0 Å². The van der Waals surface area contributed by atoms with Crippen molar-refractivity contribution in [1.82, 2.24) is 4.90 Å². The fourth-order valence-corrected chi connectivity index (χ4v) is 2.56. The second kappa shape index (κ2) is 3.08. The Morgan fingerprint density at radius 3 is 2.58 bits per heavy atom. The minimum atomic E-state index is 0.391. The van der Waals surface area contributed by atoms with Crippen LogP contribution in [0.5, 0.6) is 0 Å². The van der Waals surface area contributed by atoms with E-state index in [1.54, 1.807) is 0 Å². The lowest BCUT2D eigenvalue weighted by atomic mass is 9.79. The standard InChI is InChI=1S/C10H17NO/c1-11-9-7-5-3-2-4-6-8(9)10(11)12/h8-9H,2-7H2,1H3. The van der Waals surface area contributed by atoms with Gasteiger partial charge < -0.3 is 4.90 Å². The molecule has 1 heterocycles. The van der Waals surface area contributed by atoms with E-state index in [-0.39, 0.29) is 0 Å². The van der Waals surface area contributed by atoms with Crippen molar-refractivity contribution in [3.05, 3.63) is 0 Å². The van der Waals surface area contributed by atoms with Gasteiger partial charge in [0.15, 0.2) is 0 Å². The smallest absolute Gasteiger partial charge is 0.227 e. The second-order valence-corrected chi connectivity index (χ2v) is 4.11. The van der Waals surface area contributed by atoms with Crippen LogP contribution >= 0.6 is 0 Å². The van der Waals surface area contributed by atoms with Crippen molar-refractivity contribution in [3.8, 4) is 0 Å². The van der Waals surface area contributed by atoms with Gasteiger partial charge in [-0.15, -0.1) is 0 Å². The van der Waals surface area contributed by atoms with Gasteiger partial charge in [0.1, 0.15) is 0 Å². The molecule has 2 nitrogen and oxygen atoms in total. The molecule has 0 N–H and O–H groups in total. The van der Waals surface area contributed by atoms with Gasteiger partial charge in [-0.3, -0.25) is 4.79 Å². The SMILES string of the molecule is CN1C(=O)C2CCCCCCC21. The van der Waals surface area contributed by atoms with Gasteiger partial charge in [-0.1, -0.05) is 25.7 Å². The van der Waals surface area contributed by atoms with Crippen LogP contribution < -0.4 is 0 Å². The Morgan fingerprint density at radius 2 is 1.83 bits per heavy atom. The topological polar surface area (TPSA) is 20.3 Å². The molecule has 2 rings (SSSR count).